The van der Waals surface area contributed by atoms with Crippen LogP contribution in [0.4, 0.5) is 0 Å². The Labute approximate surface area is 166 Å². The highest BCUT2D eigenvalue weighted by Crippen LogP contribution is 2.23. The fraction of sp³-hybridized carbons (Fsp3) is 0.158. The van der Waals surface area contributed by atoms with E-state index in [-0.39, 0.29) is 12.3 Å². The molecule has 7 heteroatoms. The molecule has 0 bridgehead atoms. The van der Waals surface area contributed by atoms with Crippen molar-refractivity contribution in [2.45, 2.75) is 12.5 Å². The Bertz CT molecular complexity index is 819. The molecule has 0 aliphatic heterocycles. The summed E-state index contributed by atoms with van der Waals surface area (Å²) in [5, 5.41) is 4.29. The first-order valence-corrected chi connectivity index (χ1v) is 8.78. The molecule has 0 saturated carbocycles. The molecule has 2 rings (SSSR count). The summed E-state index contributed by atoms with van der Waals surface area (Å²) in [6, 6.07) is 11.3. The van der Waals surface area contributed by atoms with Crippen molar-refractivity contribution in [3.8, 4) is 0 Å². The van der Waals surface area contributed by atoms with Gasteiger partial charge in [0.05, 0.1) is 19.6 Å². The van der Waals surface area contributed by atoms with E-state index >= 15 is 0 Å². The van der Waals surface area contributed by atoms with Crippen molar-refractivity contribution < 1.29 is 14.3 Å². The van der Waals surface area contributed by atoms with Crippen LogP contribution in [0, 0.1) is 0 Å². The van der Waals surface area contributed by atoms with E-state index in [0.29, 0.717) is 20.6 Å². The second-order valence-corrected chi connectivity index (χ2v) is 6.67. The lowest BCUT2D eigenvalue weighted by atomic mass is 10.0. The Morgan fingerprint density at radius 3 is 2.35 bits per heavy atom. The van der Waals surface area contributed by atoms with Gasteiger partial charge in [0.15, 0.2) is 0 Å². The summed E-state index contributed by atoms with van der Waals surface area (Å²) in [6.45, 7) is 0. The topological polar surface area (TPSA) is 55.4 Å². The number of rotatable bonds is 6. The predicted octanol–water partition coefficient (Wildman–Crippen LogP) is 5.08. The van der Waals surface area contributed by atoms with Crippen molar-refractivity contribution in [1.82, 2.24) is 5.32 Å². The molecule has 4 nitrogen and oxygen atoms in total. The number of nitrogens with one attached hydrogen (secondary N) is 1. The van der Waals surface area contributed by atoms with E-state index in [1.165, 1.54) is 13.2 Å². The molecule has 0 aliphatic carbocycles. The first-order chi connectivity index (χ1) is 12.4. The minimum Gasteiger partial charge on any atom is -0.469 e. The highest BCUT2D eigenvalue weighted by molar-refractivity contribution is 6.35. The SMILES string of the molecule is COC(=O)CC(NC(=O)/C=C/c1ccc(Cl)cc1Cl)c1ccc(Cl)cc1. The Balaban J connectivity index is 2.13. The lowest BCUT2D eigenvalue weighted by Crippen LogP contribution is -2.29. The standard InChI is InChI=1S/C19H16Cl3NO3/c1-26-19(25)11-17(13-3-6-14(20)7-4-13)23-18(24)9-5-12-2-8-15(21)10-16(12)22/h2-10,17H,11H2,1H3,(H,23,24)/b9-5+. The smallest absolute Gasteiger partial charge is 0.307 e. The molecule has 1 atom stereocenters. The van der Waals surface area contributed by atoms with Crippen LogP contribution in [0.25, 0.3) is 6.08 Å². The normalized spacial score (nSPS) is 12.0. The van der Waals surface area contributed by atoms with Crippen molar-refractivity contribution in [2.24, 2.45) is 0 Å². The number of hydrogen-bond donors (Lipinski definition) is 1. The van der Waals surface area contributed by atoms with Gasteiger partial charge in [0.1, 0.15) is 0 Å². The van der Waals surface area contributed by atoms with Crippen LogP contribution in [0.1, 0.15) is 23.6 Å². The lowest BCUT2D eigenvalue weighted by Gasteiger charge is -2.17. The Morgan fingerprint density at radius 2 is 1.73 bits per heavy atom. The molecule has 1 amide bonds. The number of halogens is 3. The van der Waals surface area contributed by atoms with Crippen LogP contribution in [0.5, 0.6) is 0 Å². The second kappa shape index (κ2) is 9.62. The Morgan fingerprint density at radius 1 is 1.08 bits per heavy atom. The summed E-state index contributed by atoms with van der Waals surface area (Å²) in [6.07, 6.45) is 2.92. The van der Waals surface area contributed by atoms with Gasteiger partial charge in [0.2, 0.25) is 5.91 Å². The molecule has 2 aromatic rings. The van der Waals surface area contributed by atoms with Crippen LogP contribution in [0.15, 0.2) is 48.5 Å². The van der Waals surface area contributed by atoms with Crippen molar-refractivity contribution in [3.63, 3.8) is 0 Å². The average molecular weight is 413 g/mol. The first kappa shape index (κ1) is 20.3. The summed E-state index contributed by atoms with van der Waals surface area (Å²) in [5.74, 6) is -0.810. The molecule has 2 aromatic carbocycles. The van der Waals surface area contributed by atoms with Gasteiger partial charge in [0, 0.05) is 21.1 Å². The zero-order valence-electron chi connectivity index (χ0n) is 13.8. The first-order valence-electron chi connectivity index (χ1n) is 7.65. The molecule has 0 spiro atoms. The summed E-state index contributed by atoms with van der Waals surface area (Å²) in [4.78, 5) is 23.9. The molecule has 0 fully saturated rings. The summed E-state index contributed by atoms with van der Waals surface area (Å²) in [7, 11) is 1.30. The highest BCUT2D eigenvalue weighted by Gasteiger charge is 2.18. The van der Waals surface area contributed by atoms with E-state index < -0.39 is 12.0 Å². The summed E-state index contributed by atoms with van der Waals surface area (Å²) >= 11 is 17.8. The molecule has 0 aromatic heterocycles. The number of methoxy groups -OCH3 is 1. The number of hydrogen-bond acceptors (Lipinski definition) is 3. The van der Waals surface area contributed by atoms with E-state index in [2.05, 4.69) is 5.32 Å². The third kappa shape index (κ3) is 6.06. The molecule has 26 heavy (non-hydrogen) atoms. The quantitative estimate of drug-likeness (QED) is 0.531. The molecule has 136 valence electrons. The van der Waals surface area contributed by atoms with Crippen molar-refractivity contribution in [2.75, 3.05) is 7.11 Å². The largest absolute Gasteiger partial charge is 0.469 e. The van der Waals surface area contributed by atoms with E-state index in [0.717, 1.165) is 5.56 Å². The van der Waals surface area contributed by atoms with Crippen LogP contribution < -0.4 is 5.32 Å². The highest BCUT2D eigenvalue weighted by atomic mass is 35.5. The van der Waals surface area contributed by atoms with Crippen molar-refractivity contribution in [1.29, 1.82) is 0 Å². The van der Waals surface area contributed by atoms with Crippen molar-refractivity contribution in [3.05, 3.63) is 74.7 Å². The molecule has 1 unspecified atom stereocenters. The van der Waals surface area contributed by atoms with Gasteiger partial charge in [-0.25, -0.2) is 0 Å². The van der Waals surface area contributed by atoms with Gasteiger partial charge in [-0.2, -0.15) is 0 Å². The second-order valence-electron chi connectivity index (χ2n) is 5.39. The zero-order chi connectivity index (χ0) is 19.1. The van der Waals surface area contributed by atoms with Crippen LogP contribution >= 0.6 is 34.8 Å². The van der Waals surface area contributed by atoms with Gasteiger partial charge in [-0.1, -0.05) is 53.0 Å². The number of benzene rings is 2. The zero-order valence-corrected chi connectivity index (χ0v) is 16.1. The average Bonchev–Trinajstić information content (AvgIpc) is 2.61. The third-order valence-corrected chi connectivity index (χ3v) is 4.38. The predicted molar refractivity (Wildman–Crippen MR) is 104 cm³/mol. The number of carbonyl (C=O) groups is 2. The fourth-order valence-electron chi connectivity index (χ4n) is 2.22. The fourth-order valence-corrected chi connectivity index (χ4v) is 2.82. The van der Waals surface area contributed by atoms with Gasteiger partial charge in [-0.05, 0) is 41.5 Å². The Hall–Kier alpha value is -2.01. The van der Waals surface area contributed by atoms with Crippen LogP contribution in [0.3, 0.4) is 0 Å². The molecular formula is C19H16Cl3NO3. The molecular weight excluding hydrogens is 397 g/mol. The van der Waals surface area contributed by atoms with Gasteiger partial charge in [0.25, 0.3) is 0 Å². The number of esters is 1. The minimum atomic E-state index is -0.544. The number of amides is 1. The van der Waals surface area contributed by atoms with Gasteiger partial charge < -0.3 is 10.1 Å². The van der Waals surface area contributed by atoms with E-state index in [1.807, 2.05) is 0 Å². The van der Waals surface area contributed by atoms with E-state index in [4.69, 9.17) is 39.5 Å². The van der Waals surface area contributed by atoms with E-state index in [9.17, 15) is 9.59 Å². The maximum atomic E-state index is 12.3. The molecule has 0 aliphatic rings. The lowest BCUT2D eigenvalue weighted by molar-refractivity contribution is -0.141. The summed E-state index contributed by atoms with van der Waals surface area (Å²) < 4.78 is 4.70. The molecule has 0 heterocycles. The van der Waals surface area contributed by atoms with Gasteiger partial charge >= 0.3 is 5.97 Å². The van der Waals surface area contributed by atoms with E-state index in [1.54, 1.807) is 48.5 Å². The third-order valence-electron chi connectivity index (χ3n) is 3.56. The number of ether oxygens (including phenoxy) is 1. The van der Waals surface area contributed by atoms with Crippen molar-refractivity contribution >= 4 is 52.8 Å². The summed E-state index contributed by atoms with van der Waals surface area (Å²) in [5.41, 5.74) is 1.40. The monoisotopic (exact) mass is 411 g/mol. The number of carbonyl (C=O) groups excluding carboxylic acids is 2. The van der Waals surface area contributed by atoms with Gasteiger partial charge in [-0.3, -0.25) is 9.59 Å². The van der Waals surface area contributed by atoms with Crippen LogP contribution in [-0.4, -0.2) is 19.0 Å². The molecule has 0 saturated heterocycles. The molecule has 0 radical (unpaired) electrons. The van der Waals surface area contributed by atoms with Gasteiger partial charge in [-0.15, -0.1) is 0 Å². The molecule has 1 N–H and O–H groups in total. The maximum absolute atomic E-state index is 12.3. The maximum Gasteiger partial charge on any atom is 0.307 e. The minimum absolute atomic E-state index is 0.000582. The van der Waals surface area contributed by atoms with Crippen LogP contribution in [-0.2, 0) is 14.3 Å². The van der Waals surface area contributed by atoms with Crippen LogP contribution in [0.2, 0.25) is 15.1 Å². The Kier molecular flexibility index (Phi) is 7.51.